The summed E-state index contributed by atoms with van der Waals surface area (Å²) in [7, 11) is 0. The molecule has 1 unspecified atom stereocenters. The minimum Gasteiger partial charge on any atom is -0.462 e. The zero-order chi connectivity index (χ0) is 49.2. The number of carbonyl (C=O) groups is 2. The molecular weight excluding hydrogens is 837 g/mol. The van der Waals surface area contributed by atoms with E-state index in [1.165, 1.54) is 96.3 Å². The molecule has 0 aromatic rings. The Kier molecular flexibility index (Phi) is 54.9. The highest BCUT2D eigenvalue weighted by molar-refractivity contribution is 5.70. The van der Waals surface area contributed by atoms with Crippen LogP contribution in [-0.4, -0.2) is 37.9 Å². The highest BCUT2D eigenvalue weighted by atomic mass is 16.6. The minimum atomic E-state index is -0.557. The van der Waals surface area contributed by atoms with E-state index in [0.717, 1.165) is 122 Å². The molecular formula is C63H106O5. The molecule has 0 spiro atoms. The summed E-state index contributed by atoms with van der Waals surface area (Å²) < 4.78 is 17.5. The Hall–Kier alpha value is -3.44. The molecule has 0 fully saturated rings. The number of ether oxygens (including phenoxy) is 3. The second-order valence-electron chi connectivity index (χ2n) is 18.4. The van der Waals surface area contributed by atoms with E-state index in [9.17, 15) is 9.59 Å². The van der Waals surface area contributed by atoms with Crippen molar-refractivity contribution in [1.29, 1.82) is 0 Å². The van der Waals surface area contributed by atoms with E-state index in [1.54, 1.807) is 0 Å². The summed E-state index contributed by atoms with van der Waals surface area (Å²) in [5.74, 6) is -0.424. The molecule has 0 aliphatic carbocycles. The third-order valence-electron chi connectivity index (χ3n) is 11.8. The lowest BCUT2D eigenvalue weighted by Gasteiger charge is -2.18. The quantitative estimate of drug-likeness (QED) is 0.0345. The molecule has 0 radical (unpaired) electrons. The second-order valence-corrected chi connectivity index (χ2v) is 18.4. The lowest BCUT2D eigenvalue weighted by Crippen LogP contribution is -2.30. The first-order valence-electron chi connectivity index (χ1n) is 28.4. The summed E-state index contributed by atoms with van der Waals surface area (Å²) in [5.41, 5.74) is 0. The zero-order valence-electron chi connectivity index (χ0n) is 44.6. The maximum absolute atomic E-state index is 12.9. The van der Waals surface area contributed by atoms with Crippen molar-refractivity contribution in [2.24, 2.45) is 0 Å². The fourth-order valence-electron chi connectivity index (χ4n) is 7.67. The Morgan fingerprint density at radius 1 is 0.324 bits per heavy atom. The van der Waals surface area contributed by atoms with Gasteiger partial charge in [-0.2, -0.15) is 0 Å². The third-order valence-corrected chi connectivity index (χ3v) is 11.8. The molecule has 0 rings (SSSR count). The summed E-state index contributed by atoms with van der Waals surface area (Å²) in [6, 6.07) is 0. The van der Waals surface area contributed by atoms with Crippen molar-refractivity contribution in [2.45, 2.75) is 258 Å². The largest absolute Gasteiger partial charge is 0.462 e. The number of allylic oxidation sites excluding steroid dienone is 18. The Bertz CT molecular complexity index is 1340. The molecule has 0 bridgehead atoms. The molecule has 388 valence electrons. The first-order valence-corrected chi connectivity index (χ1v) is 28.4. The normalized spacial score (nSPS) is 13.0. The van der Waals surface area contributed by atoms with Gasteiger partial charge in [-0.1, -0.05) is 233 Å². The van der Waals surface area contributed by atoms with Crippen molar-refractivity contribution < 1.29 is 23.8 Å². The van der Waals surface area contributed by atoms with Crippen LogP contribution in [0.2, 0.25) is 0 Å². The standard InChI is InChI=1S/C63H106O5/c1-4-7-10-13-16-19-22-25-28-31-34-37-40-43-46-49-52-55-58-66-59-61(68-63(65)57-54-51-48-45-42-39-36-33-30-27-24-21-18-15-12-9-6-3)60-67-62(64)56-53-50-47-44-41-38-35-32-29-26-23-20-17-14-11-8-5-2/h7-12,16-21,25-30,61H,4-6,13-15,22-24,31-60H2,1-3H3/b10-7-,11-8-,12-9-,19-16-,20-17-,21-18-,28-25-,29-26-,30-27-. The van der Waals surface area contributed by atoms with Gasteiger partial charge in [-0.25, -0.2) is 0 Å². The van der Waals surface area contributed by atoms with Gasteiger partial charge < -0.3 is 14.2 Å². The fourth-order valence-corrected chi connectivity index (χ4v) is 7.67. The van der Waals surface area contributed by atoms with Crippen molar-refractivity contribution in [3.63, 3.8) is 0 Å². The van der Waals surface area contributed by atoms with Crippen LogP contribution < -0.4 is 0 Å². The predicted octanol–water partition coefficient (Wildman–Crippen LogP) is 19.6. The Labute approximate surface area is 421 Å². The molecule has 0 aromatic heterocycles. The summed E-state index contributed by atoms with van der Waals surface area (Å²) >= 11 is 0. The highest BCUT2D eigenvalue weighted by Gasteiger charge is 2.17. The summed E-state index contributed by atoms with van der Waals surface area (Å²) in [4.78, 5) is 25.5. The molecule has 0 amide bonds. The smallest absolute Gasteiger partial charge is 0.306 e. The molecule has 5 nitrogen and oxygen atoms in total. The number of unbranched alkanes of at least 4 members (excludes halogenated alkanes) is 22. The van der Waals surface area contributed by atoms with Crippen molar-refractivity contribution >= 4 is 11.9 Å². The van der Waals surface area contributed by atoms with Gasteiger partial charge in [0.25, 0.3) is 0 Å². The van der Waals surface area contributed by atoms with Gasteiger partial charge in [0, 0.05) is 19.4 Å². The molecule has 0 heterocycles. The monoisotopic (exact) mass is 943 g/mol. The number of esters is 2. The lowest BCUT2D eigenvalue weighted by molar-refractivity contribution is -0.163. The zero-order valence-corrected chi connectivity index (χ0v) is 44.6. The molecule has 0 saturated carbocycles. The van der Waals surface area contributed by atoms with Crippen molar-refractivity contribution in [2.75, 3.05) is 19.8 Å². The topological polar surface area (TPSA) is 61.8 Å². The van der Waals surface area contributed by atoms with Gasteiger partial charge in [-0.05, 0) is 116 Å². The SMILES string of the molecule is CC/C=C\C/C=C\C/C=C\CCCCCCCCCCOCC(COC(=O)CCCCCCCCC/C=C\C/C=C\C/C=C\CC)OC(=O)CCCCCCCCC/C=C\C/C=C\C/C=C\CC. The van der Waals surface area contributed by atoms with Gasteiger partial charge >= 0.3 is 11.9 Å². The molecule has 1 atom stereocenters. The highest BCUT2D eigenvalue weighted by Crippen LogP contribution is 2.14. The second kappa shape index (κ2) is 57.9. The van der Waals surface area contributed by atoms with Crippen LogP contribution in [0.25, 0.3) is 0 Å². The molecule has 5 heteroatoms. The van der Waals surface area contributed by atoms with Crippen LogP contribution in [0, 0.1) is 0 Å². The molecule has 0 aliphatic heterocycles. The van der Waals surface area contributed by atoms with E-state index in [-0.39, 0.29) is 25.2 Å². The summed E-state index contributed by atoms with van der Waals surface area (Å²) in [6.07, 6.45) is 79.6. The average molecular weight is 944 g/mol. The van der Waals surface area contributed by atoms with Gasteiger partial charge in [0.05, 0.1) is 6.61 Å². The van der Waals surface area contributed by atoms with E-state index in [2.05, 4.69) is 130 Å². The Morgan fingerprint density at radius 2 is 0.618 bits per heavy atom. The van der Waals surface area contributed by atoms with Gasteiger partial charge in [-0.15, -0.1) is 0 Å². The van der Waals surface area contributed by atoms with Crippen LogP contribution in [-0.2, 0) is 23.8 Å². The average Bonchev–Trinajstić information content (AvgIpc) is 3.34. The first kappa shape index (κ1) is 64.6. The Balaban J connectivity index is 4.34. The van der Waals surface area contributed by atoms with Crippen LogP contribution in [0.4, 0.5) is 0 Å². The fraction of sp³-hybridized carbons (Fsp3) is 0.683. The maximum atomic E-state index is 12.9. The van der Waals surface area contributed by atoms with E-state index in [1.807, 2.05) is 0 Å². The van der Waals surface area contributed by atoms with Gasteiger partial charge in [0.15, 0.2) is 6.10 Å². The number of carbonyl (C=O) groups excluding carboxylic acids is 2. The molecule has 0 N–H and O–H groups in total. The third kappa shape index (κ3) is 55.2. The van der Waals surface area contributed by atoms with Crippen molar-refractivity contribution in [3.05, 3.63) is 109 Å². The molecule has 0 saturated heterocycles. The van der Waals surface area contributed by atoms with E-state index in [0.29, 0.717) is 19.4 Å². The van der Waals surface area contributed by atoms with E-state index in [4.69, 9.17) is 14.2 Å². The van der Waals surface area contributed by atoms with Crippen LogP contribution >= 0.6 is 0 Å². The van der Waals surface area contributed by atoms with Crippen LogP contribution in [0.15, 0.2) is 109 Å². The van der Waals surface area contributed by atoms with E-state index >= 15 is 0 Å². The van der Waals surface area contributed by atoms with Crippen LogP contribution in [0.3, 0.4) is 0 Å². The summed E-state index contributed by atoms with van der Waals surface area (Å²) in [6.45, 7) is 7.47. The summed E-state index contributed by atoms with van der Waals surface area (Å²) in [5, 5.41) is 0. The first-order chi connectivity index (χ1) is 33.6. The number of rotatable bonds is 51. The molecule has 68 heavy (non-hydrogen) atoms. The molecule has 0 aromatic carbocycles. The molecule has 0 aliphatic rings. The van der Waals surface area contributed by atoms with Gasteiger partial charge in [-0.3, -0.25) is 9.59 Å². The predicted molar refractivity (Wildman–Crippen MR) is 297 cm³/mol. The number of hydrogen-bond donors (Lipinski definition) is 0. The maximum Gasteiger partial charge on any atom is 0.306 e. The van der Waals surface area contributed by atoms with Crippen molar-refractivity contribution in [3.8, 4) is 0 Å². The van der Waals surface area contributed by atoms with Gasteiger partial charge in [0.2, 0.25) is 0 Å². The van der Waals surface area contributed by atoms with Crippen molar-refractivity contribution in [1.82, 2.24) is 0 Å². The van der Waals surface area contributed by atoms with Gasteiger partial charge in [0.1, 0.15) is 6.61 Å². The van der Waals surface area contributed by atoms with Crippen LogP contribution in [0.1, 0.15) is 252 Å². The van der Waals surface area contributed by atoms with Crippen LogP contribution in [0.5, 0.6) is 0 Å². The Morgan fingerprint density at radius 3 is 0.985 bits per heavy atom. The lowest BCUT2D eigenvalue weighted by atomic mass is 10.1. The minimum absolute atomic E-state index is 0.0674. The van der Waals surface area contributed by atoms with E-state index < -0.39 is 6.10 Å². The number of hydrogen-bond acceptors (Lipinski definition) is 5.